The Labute approximate surface area is 198 Å². The highest BCUT2D eigenvalue weighted by molar-refractivity contribution is 6.31. The fraction of sp³-hybridized carbons (Fsp3) is 0.519. The van der Waals surface area contributed by atoms with Gasteiger partial charge in [0.15, 0.2) is 0 Å². The van der Waals surface area contributed by atoms with E-state index in [1.165, 1.54) is 19.5 Å². The first kappa shape index (κ1) is 24.6. The lowest BCUT2D eigenvalue weighted by atomic mass is 10.1. The predicted octanol–water partition coefficient (Wildman–Crippen LogP) is 7.24. The van der Waals surface area contributed by atoms with Crippen molar-refractivity contribution in [3.8, 4) is 5.75 Å². The fourth-order valence-electron chi connectivity index (χ4n) is 4.41. The van der Waals surface area contributed by atoms with E-state index < -0.39 is 0 Å². The number of hydrogen-bond donors (Lipinski definition) is 1. The molecule has 4 nitrogen and oxygen atoms in total. The Bertz CT molecular complexity index is 1020. The number of halogens is 1. The maximum absolute atomic E-state index is 6.26. The minimum atomic E-state index is 0.339. The van der Waals surface area contributed by atoms with Gasteiger partial charge in [-0.25, -0.2) is 4.98 Å². The van der Waals surface area contributed by atoms with Crippen molar-refractivity contribution in [1.29, 1.82) is 0 Å². The molecule has 0 saturated carbocycles. The van der Waals surface area contributed by atoms with Gasteiger partial charge in [-0.1, -0.05) is 39.3 Å². The summed E-state index contributed by atoms with van der Waals surface area (Å²) in [6.07, 6.45) is 2.28. The van der Waals surface area contributed by atoms with Crippen LogP contribution in [-0.4, -0.2) is 42.7 Å². The fourth-order valence-corrected chi connectivity index (χ4v) is 4.57. The van der Waals surface area contributed by atoms with Crippen molar-refractivity contribution in [3.05, 3.63) is 41.4 Å². The molecule has 1 N–H and O–H groups in total. The van der Waals surface area contributed by atoms with Crippen molar-refractivity contribution in [2.75, 3.05) is 32.1 Å². The van der Waals surface area contributed by atoms with Crippen LogP contribution in [-0.2, 0) is 0 Å². The van der Waals surface area contributed by atoms with Gasteiger partial charge >= 0.3 is 0 Å². The summed E-state index contributed by atoms with van der Waals surface area (Å²) in [5.74, 6) is 2.22. The molecule has 5 heteroatoms. The SMILES string of the molecule is COc1ccc2nc3cc(Cl)ccc3c(NC(C)CCCN(CC(C)C)CC(C)C)c2c1. The molecule has 32 heavy (non-hydrogen) atoms. The van der Waals surface area contributed by atoms with Crippen molar-refractivity contribution in [3.63, 3.8) is 0 Å². The van der Waals surface area contributed by atoms with Gasteiger partial charge in [0.05, 0.1) is 23.8 Å². The molecule has 3 rings (SSSR count). The number of hydrogen-bond acceptors (Lipinski definition) is 4. The molecule has 3 aromatic rings. The summed E-state index contributed by atoms with van der Waals surface area (Å²) in [7, 11) is 1.70. The Kier molecular flexibility index (Phi) is 8.61. The summed E-state index contributed by atoms with van der Waals surface area (Å²) in [5.41, 5.74) is 2.95. The smallest absolute Gasteiger partial charge is 0.119 e. The Hall–Kier alpha value is -2.04. The Morgan fingerprint density at radius 2 is 1.66 bits per heavy atom. The molecule has 0 aliphatic heterocycles. The van der Waals surface area contributed by atoms with Crippen LogP contribution in [0.4, 0.5) is 5.69 Å². The summed E-state index contributed by atoms with van der Waals surface area (Å²) in [4.78, 5) is 7.45. The quantitative estimate of drug-likeness (QED) is 0.309. The number of methoxy groups -OCH3 is 1. The first-order valence-corrected chi connectivity index (χ1v) is 12.2. The van der Waals surface area contributed by atoms with Gasteiger partial charge in [0.2, 0.25) is 0 Å². The maximum atomic E-state index is 6.26. The van der Waals surface area contributed by atoms with Crippen LogP contribution >= 0.6 is 11.6 Å². The average molecular weight is 456 g/mol. The second-order valence-corrected chi connectivity index (χ2v) is 10.2. The molecule has 174 valence electrons. The second-order valence-electron chi connectivity index (χ2n) is 9.77. The predicted molar refractivity (Wildman–Crippen MR) is 139 cm³/mol. The van der Waals surface area contributed by atoms with Gasteiger partial charge in [-0.05, 0) is 74.5 Å². The van der Waals surface area contributed by atoms with Crippen molar-refractivity contribution in [1.82, 2.24) is 9.88 Å². The molecule has 1 unspecified atom stereocenters. The molecule has 0 saturated heterocycles. The summed E-state index contributed by atoms with van der Waals surface area (Å²) in [6, 6.07) is 12.3. The van der Waals surface area contributed by atoms with Crippen LogP contribution in [0.3, 0.4) is 0 Å². The number of rotatable bonds is 11. The molecule has 1 heterocycles. The minimum absolute atomic E-state index is 0.339. The van der Waals surface area contributed by atoms with Gasteiger partial charge < -0.3 is 15.0 Å². The second kappa shape index (κ2) is 11.2. The largest absolute Gasteiger partial charge is 0.497 e. The van der Waals surface area contributed by atoms with Gasteiger partial charge in [0, 0.05) is 34.9 Å². The number of ether oxygens (including phenoxy) is 1. The van der Waals surface area contributed by atoms with Gasteiger partial charge in [0.25, 0.3) is 0 Å². The van der Waals surface area contributed by atoms with E-state index in [9.17, 15) is 0 Å². The number of nitrogens with one attached hydrogen (secondary N) is 1. The van der Waals surface area contributed by atoms with E-state index in [1.807, 2.05) is 24.3 Å². The molecular formula is C27H38ClN3O. The highest BCUT2D eigenvalue weighted by atomic mass is 35.5. The van der Waals surface area contributed by atoms with Crippen molar-refractivity contribution in [2.24, 2.45) is 11.8 Å². The molecular weight excluding hydrogens is 418 g/mol. The van der Waals surface area contributed by atoms with E-state index >= 15 is 0 Å². The zero-order valence-corrected chi connectivity index (χ0v) is 21.2. The van der Waals surface area contributed by atoms with E-state index in [1.54, 1.807) is 7.11 Å². The van der Waals surface area contributed by atoms with Crippen LogP contribution in [0.2, 0.25) is 5.02 Å². The summed E-state index contributed by atoms with van der Waals surface area (Å²) in [6.45, 7) is 15.0. The zero-order valence-electron chi connectivity index (χ0n) is 20.4. The first-order valence-electron chi connectivity index (χ1n) is 11.8. The van der Waals surface area contributed by atoms with Crippen LogP contribution in [0, 0.1) is 11.8 Å². The Balaban J connectivity index is 1.80. The van der Waals surface area contributed by atoms with Crippen molar-refractivity contribution in [2.45, 2.75) is 53.5 Å². The molecule has 0 amide bonds. The van der Waals surface area contributed by atoms with Gasteiger partial charge in [-0.2, -0.15) is 0 Å². The average Bonchev–Trinajstić information content (AvgIpc) is 2.72. The third kappa shape index (κ3) is 6.49. The number of aromatic nitrogens is 1. The number of fused-ring (bicyclic) bond motifs is 2. The molecule has 0 radical (unpaired) electrons. The summed E-state index contributed by atoms with van der Waals surface area (Å²) in [5, 5.41) is 6.66. The lowest BCUT2D eigenvalue weighted by Crippen LogP contribution is -2.33. The van der Waals surface area contributed by atoms with Crippen LogP contribution in [0.1, 0.15) is 47.5 Å². The highest BCUT2D eigenvalue weighted by Crippen LogP contribution is 2.34. The normalized spacial score (nSPS) is 12.9. The van der Waals surface area contributed by atoms with E-state index in [4.69, 9.17) is 21.3 Å². The lowest BCUT2D eigenvalue weighted by molar-refractivity contribution is 0.215. The molecule has 1 aromatic heterocycles. The molecule has 0 bridgehead atoms. The van der Waals surface area contributed by atoms with E-state index in [0.717, 1.165) is 46.2 Å². The Morgan fingerprint density at radius 3 is 2.31 bits per heavy atom. The molecule has 1 atom stereocenters. The molecule has 0 aliphatic rings. The number of anilines is 1. The third-order valence-corrected chi connectivity index (χ3v) is 5.93. The van der Waals surface area contributed by atoms with Gasteiger partial charge in [-0.15, -0.1) is 0 Å². The standard InChI is InChI=1S/C27H38ClN3O/c1-18(2)16-31(17-19(3)4)13-7-8-20(5)29-27-23-11-9-21(28)14-26(23)30-25-12-10-22(32-6)15-24(25)27/h9-12,14-15,18-20H,7-8,13,16-17H2,1-6H3,(H,29,30). The number of pyridine rings is 1. The summed E-state index contributed by atoms with van der Waals surface area (Å²) >= 11 is 6.26. The van der Waals surface area contributed by atoms with Gasteiger partial charge in [0.1, 0.15) is 5.75 Å². The molecule has 0 aliphatic carbocycles. The highest BCUT2D eigenvalue weighted by Gasteiger charge is 2.14. The van der Waals surface area contributed by atoms with Gasteiger partial charge in [-0.3, -0.25) is 0 Å². The van der Waals surface area contributed by atoms with Crippen LogP contribution in [0.15, 0.2) is 36.4 Å². The van der Waals surface area contributed by atoms with Crippen LogP contribution < -0.4 is 10.1 Å². The first-order chi connectivity index (χ1) is 15.3. The number of nitrogens with zero attached hydrogens (tertiary/aromatic N) is 2. The van der Waals surface area contributed by atoms with E-state index in [2.05, 4.69) is 57.0 Å². The topological polar surface area (TPSA) is 37.4 Å². The van der Waals surface area contributed by atoms with E-state index in [0.29, 0.717) is 22.9 Å². The zero-order chi connectivity index (χ0) is 23.3. The monoisotopic (exact) mass is 455 g/mol. The van der Waals surface area contributed by atoms with Crippen molar-refractivity contribution >= 4 is 39.1 Å². The van der Waals surface area contributed by atoms with Crippen LogP contribution in [0.5, 0.6) is 5.75 Å². The number of benzene rings is 2. The molecule has 0 fully saturated rings. The lowest BCUT2D eigenvalue weighted by Gasteiger charge is -2.27. The third-order valence-electron chi connectivity index (χ3n) is 5.69. The van der Waals surface area contributed by atoms with Crippen LogP contribution in [0.25, 0.3) is 21.8 Å². The van der Waals surface area contributed by atoms with E-state index in [-0.39, 0.29) is 0 Å². The molecule has 2 aromatic carbocycles. The molecule has 0 spiro atoms. The minimum Gasteiger partial charge on any atom is -0.497 e. The Morgan fingerprint density at radius 1 is 0.938 bits per heavy atom. The van der Waals surface area contributed by atoms with Crippen molar-refractivity contribution < 1.29 is 4.74 Å². The summed E-state index contributed by atoms with van der Waals surface area (Å²) < 4.78 is 5.49. The maximum Gasteiger partial charge on any atom is 0.119 e.